The fourth-order valence-corrected chi connectivity index (χ4v) is 1.61. The second-order valence-corrected chi connectivity index (χ2v) is 3.36. The molecule has 76 valence electrons. The van der Waals surface area contributed by atoms with Gasteiger partial charge >= 0.3 is 0 Å². The number of nitrogens with zero attached hydrogens (tertiary/aromatic N) is 2. The molecule has 0 aromatic carbocycles. The molecule has 3 nitrogen and oxygen atoms in total. The first-order valence-electron chi connectivity index (χ1n) is 4.58. The largest absolute Gasteiger partial charge is 0.316 e. The van der Waals surface area contributed by atoms with Crippen molar-refractivity contribution in [2.24, 2.45) is 0 Å². The van der Waals surface area contributed by atoms with Crippen LogP contribution in [-0.2, 0) is 0 Å². The summed E-state index contributed by atoms with van der Waals surface area (Å²) in [5, 5.41) is 3.16. The lowest BCUT2D eigenvalue weighted by atomic mass is 10.1. The standard InChI is InChI=1S/C9H11F2N3/c10-9(11)8-5-13-4-7(14-8)6-1-2-12-3-6/h4-6,9,12H,1-3H2. The lowest BCUT2D eigenvalue weighted by molar-refractivity contribution is 0.145. The molecule has 1 N–H and O–H groups in total. The zero-order valence-electron chi connectivity index (χ0n) is 7.58. The summed E-state index contributed by atoms with van der Waals surface area (Å²) >= 11 is 0. The fraction of sp³-hybridized carbons (Fsp3) is 0.556. The Morgan fingerprint density at radius 3 is 2.93 bits per heavy atom. The van der Waals surface area contributed by atoms with Crippen molar-refractivity contribution in [3.05, 3.63) is 23.8 Å². The molecule has 1 saturated heterocycles. The van der Waals surface area contributed by atoms with Crippen LogP contribution in [0.3, 0.4) is 0 Å². The Bertz CT molecular complexity index is 311. The SMILES string of the molecule is FC(F)c1cncc(C2CCNC2)n1. The van der Waals surface area contributed by atoms with E-state index in [1.165, 1.54) is 0 Å². The molecule has 1 unspecified atom stereocenters. The predicted molar refractivity (Wildman–Crippen MR) is 47.2 cm³/mol. The molecule has 14 heavy (non-hydrogen) atoms. The maximum absolute atomic E-state index is 12.3. The number of alkyl halides is 2. The molecule has 0 aliphatic carbocycles. The van der Waals surface area contributed by atoms with Gasteiger partial charge in [0.05, 0.1) is 11.9 Å². The van der Waals surface area contributed by atoms with Crippen LogP contribution in [0.4, 0.5) is 8.78 Å². The number of hydrogen-bond acceptors (Lipinski definition) is 3. The van der Waals surface area contributed by atoms with E-state index in [1.54, 1.807) is 6.20 Å². The predicted octanol–water partition coefficient (Wildman–Crippen LogP) is 1.49. The van der Waals surface area contributed by atoms with Crippen molar-refractivity contribution in [2.75, 3.05) is 13.1 Å². The van der Waals surface area contributed by atoms with Crippen LogP contribution in [0, 0.1) is 0 Å². The van der Waals surface area contributed by atoms with Crippen molar-refractivity contribution in [1.29, 1.82) is 0 Å². The molecule has 2 rings (SSSR count). The zero-order chi connectivity index (χ0) is 9.97. The van der Waals surface area contributed by atoms with Crippen molar-refractivity contribution in [3.63, 3.8) is 0 Å². The minimum Gasteiger partial charge on any atom is -0.316 e. The highest BCUT2D eigenvalue weighted by molar-refractivity contribution is 5.11. The van der Waals surface area contributed by atoms with E-state index in [-0.39, 0.29) is 11.6 Å². The van der Waals surface area contributed by atoms with E-state index in [9.17, 15) is 8.78 Å². The Morgan fingerprint density at radius 2 is 2.29 bits per heavy atom. The molecule has 0 amide bonds. The van der Waals surface area contributed by atoms with Crippen molar-refractivity contribution >= 4 is 0 Å². The molecule has 5 heteroatoms. The highest BCUT2D eigenvalue weighted by atomic mass is 19.3. The molecule has 1 atom stereocenters. The van der Waals surface area contributed by atoms with Crippen LogP contribution >= 0.6 is 0 Å². The first-order chi connectivity index (χ1) is 6.77. The van der Waals surface area contributed by atoms with E-state index in [2.05, 4.69) is 15.3 Å². The van der Waals surface area contributed by atoms with Gasteiger partial charge in [0.2, 0.25) is 0 Å². The molecule has 1 aliphatic heterocycles. The van der Waals surface area contributed by atoms with E-state index >= 15 is 0 Å². The minimum absolute atomic E-state index is 0.227. The Hall–Kier alpha value is -1.10. The Labute approximate surface area is 80.6 Å². The van der Waals surface area contributed by atoms with Gasteiger partial charge in [-0.2, -0.15) is 0 Å². The van der Waals surface area contributed by atoms with Gasteiger partial charge in [-0.05, 0) is 13.0 Å². The molecule has 0 spiro atoms. The van der Waals surface area contributed by atoms with Crippen LogP contribution in [-0.4, -0.2) is 23.1 Å². The van der Waals surface area contributed by atoms with Gasteiger partial charge in [-0.1, -0.05) is 0 Å². The molecule has 0 bridgehead atoms. The average molecular weight is 199 g/mol. The minimum atomic E-state index is -2.53. The van der Waals surface area contributed by atoms with E-state index in [1.807, 2.05) is 0 Å². The van der Waals surface area contributed by atoms with Crippen molar-refractivity contribution < 1.29 is 8.78 Å². The van der Waals surface area contributed by atoms with Crippen LogP contribution in [0.5, 0.6) is 0 Å². The lowest BCUT2D eigenvalue weighted by Gasteiger charge is -2.08. The summed E-state index contributed by atoms with van der Waals surface area (Å²) in [5.41, 5.74) is 0.446. The number of hydrogen-bond donors (Lipinski definition) is 1. The summed E-state index contributed by atoms with van der Waals surface area (Å²) in [6, 6.07) is 0. The van der Waals surface area contributed by atoms with Gasteiger partial charge in [0.1, 0.15) is 5.69 Å². The van der Waals surface area contributed by atoms with Crippen molar-refractivity contribution in [2.45, 2.75) is 18.8 Å². The smallest absolute Gasteiger partial charge is 0.281 e. The molecule has 0 saturated carbocycles. The van der Waals surface area contributed by atoms with Gasteiger partial charge in [-0.25, -0.2) is 13.8 Å². The van der Waals surface area contributed by atoms with Gasteiger partial charge in [-0.15, -0.1) is 0 Å². The Kier molecular flexibility index (Phi) is 2.67. The van der Waals surface area contributed by atoms with Crippen LogP contribution in [0.1, 0.15) is 30.2 Å². The van der Waals surface area contributed by atoms with Gasteiger partial charge in [0.25, 0.3) is 6.43 Å². The first-order valence-corrected chi connectivity index (χ1v) is 4.58. The maximum atomic E-state index is 12.3. The molecule has 1 aromatic heterocycles. The topological polar surface area (TPSA) is 37.8 Å². The van der Waals surface area contributed by atoms with Crippen LogP contribution in [0.2, 0.25) is 0 Å². The molecule has 2 heterocycles. The third kappa shape index (κ3) is 1.87. The molecule has 0 radical (unpaired) electrons. The second-order valence-electron chi connectivity index (χ2n) is 3.36. The first kappa shape index (κ1) is 9.45. The van der Waals surface area contributed by atoms with Crippen LogP contribution in [0.15, 0.2) is 12.4 Å². The Balaban J connectivity index is 2.21. The number of nitrogens with one attached hydrogen (secondary N) is 1. The van der Waals surface area contributed by atoms with E-state index in [0.717, 1.165) is 25.7 Å². The highest BCUT2D eigenvalue weighted by Gasteiger charge is 2.19. The van der Waals surface area contributed by atoms with E-state index < -0.39 is 6.43 Å². The lowest BCUT2D eigenvalue weighted by Crippen LogP contribution is -2.10. The maximum Gasteiger partial charge on any atom is 0.281 e. The van der Waals surface area contributed by atoms with Crippen molar-refractivity contribution in [3.8, 4) is 0 Å². The van der Waals surface area contributed by atoms with Gasteiger partial charge in [0, 0.05) is 18.7 Å². The number of halogens is 2. The second kappa shape index (κ2) is 3.96. The number of aromatic nitrogens is 2. The summed E-state index contributed by atoms with van der Waals surface area (Å²) in [6.45, 7) is 1.73. The van der Waals surface area contributed by atoms with Crippen LogP contribution < -0.4 is 5.32 Å². The van der Waals surface area contributed by atoms with Crippen LogP contribution in [0.25, 0.3) is 0 Å². The molecule has 1 aliphatic rings. The molecular formula is C9H11F2N3. The third-order valence-electron chi connectivity index (χ3n) is 2.37. The normalized spacial score (nSPS) is 21.8. The fourth-order valence-electron chi connectivity index (χ4n) is 1.61. The van der Waals surface area contributed by atoms with Gasteiger partial charge in [0.15, 0.2) is 0 Å². The highest BCUT2D eigenvalue weighted by Crippen LogP contribution is 2.22. The van der Waals surface area contributed by atoms with Gasteiger partial charge < -0.3 is 5.32 Å². The van der Waals surface area contributed by atoms with Gasteiger partial charge in [-0.3, -0.25) is 4.98 Å². The summed E-state index contributed by atoms with van der Waals surface area (Å²) in [5.74, 6) is 0.237. The molecular weight excluding hydrogens is 188 g/mol. The Morgan fingerprint density at radius 1 is 1.43 bits per heavy atom. The summed E-state index contributed by atoms with van der Waals surface area (Å²) in [7, 11) is 0. The summed E-state index contributed by atoms with van der Waals surface area (Å²) < 4.78 is 24.6. The monoisotopic (exact) mass is 199 g/mol. The zero-order valence-corrected chi connectivity index (χ0v) is 7.58. The molecule has 1 aromatic rings. The average Bonchev–Trinajstić information content (AvgIpc) is 2.71. The molecule has 1 fully saturated rings. The van der Waals surface area contributed by atoms with Crippen molar-refractivity contribution in [1.82, 2.24) is 15.3 Å². The quantitative estimate of drug-likeness (QED) is 0.784. The van der Waals surface area contributed by atoms with E-state index in [4.69, 9.17) is 0 Å². The van der Waals surface area contributed by atoms with E-state index in [0.29, 0.717) is 5.69 Å². The number of rotatable bonds is 2. The summed E-state index contributed by atoms with van der Waals surface area (Å²) in [6.07, 6.45) is 1.11. The third-order valence-corrected chi connectivity index (χ3v) is 2.37. The summed E-state index contributed by atoms with van der Waals surface area (Å²) in [4.78, 5) is 7.68.